The summed E-state index contributed by atoms with van der Waals surface area (Å²) in [5.41, 5.74) is 0.892. The zero-order valence-corrected chi connectivity index (χ0v) is 14.5. The number of halogens is 1. The van der Waals surface area contributed by atoms with E-state index >= 15 is 0 Å². The number of nitrogens with one attached hydrogen (secondary N) is 1. The molecular weight excluding hydrogens is 358 g/mol. The zero-order chi connectivity index (χ0) is 18.4. The Morgan fingerprint density at radius 2 is 2.00 bits per heavy atom. The van der Waals surface area contributed by atoms with E-state index < -0.39 is 11.9 Å². The number of esters is 1. The quantitative estimate of drug-likeness (QED) is 0.643. The topological polar surface area (TPSA) is 86.4 Å². The molecule has 1 amide bonds. The summed E-state index contributed by atoms with van der Waals surface area (Å²) in [6, 6.07) is 12.0. The van der Waals surface area contributed by atoms with E-state index in [0.29, 0.717) is 23.9 Å². The fourth-order valence-corrected chi connectivity index (χ4v) is 2.31. The monoisotopic (exact) mass is 373 g/mol. The van der Waals surface area contributed by atoms with Gasteiger partial charge in [0.25, 0.3) is 5.91 Å². The van der Waals surface area contributed by atoms with Crippen molar-refractivity contribution in [3.8, 4) is 0 Å². The van der Waals surface area contributed by atoms with Gasteiger partial charge in [-0.3, -0.25) is 9.48 Å². The summed E-state index contributed by atoms with van der Waals surface area (Å²) in [6.45, 7) is 0.339. The van der Waals surface area contributed by atoms with Crippen LogP contribution >= 0.6 is 11.6 Å². The maximum absolute atomic E-state index is 11.9. The number of ether oxygens (including phenoxy) is 1. The highest BCUT2D eigenvalue weighted by Gasteiger charge is 2.15. The van der Waals surface area contributed by atoms with E-state index in [1.807, 2.05) is 0 Å². The molecule has 0 spiro atoms. The first-order valence-corrected chi connectivity index (χ1v) is 8.22. The molecule has 3 rings (SSSR count). The summed E-state index contributed by atoms with van der Waals surface area (Å²) in [6.07, 6.45) is 3.44. The molecular formula is C18H16ClN3O4. The first kappa shape index (κ1) is 17.8. The number of carbonyl (C=O) groups is 2. The zero-order valence-electron chi connectivity index (χ0n) is 13.7. The highest BCUT2D eigenvalue weighted by Crippen LogP contribution is 2.11. The smallest absolute Gasteiger partial charge is 0.374 e. The Kier molecular flexibility index (Phi) is 5.70. The molecule has 7 nitrogen and oxygen atoms in total. The van der Waals surface area contributed by atoms with Crippen molar-refractivity contribution in [1.29, 1.82) is 0 Å². The maximum atomic E-state index is 11.9. The van der Waals surface area contributed by atoms with Gasteiger partial charge in [0.05, 0.1) is 6.54 Å². The van der Waals surface area contributed by atoms with Crippen LogP contribution < -0.4 is 5.32 Å². The third-order valence-corrected chi connectivity index (χ3v) is 3.73. The predicted molar refractivity (Wildman–Crippen MR) is 93.6 cm³/mol. The minimum Gasteiger partial charge on any atom is -0.452 e. The van der Waals surface area contributed by atoms with Crippen molar-refractivity contribution < 1.29 is 18.7 Å². The second-order valence-electron chi connectivity index (χ2n) is 5.45. The Morgan fingerprint density at radius 1 is 1.19 bits per heavy atom. The molecule has 0 bridgehead atoms. The number of benzene rings is 1. The molecule has 0 saturated heterocycles. The fraction of sp³-hybridized carbons (Fsp3) is 0.167. The van der Waals surface area contributed by atoms with Crippen LogP contribution in [-0.4, -0.2) is 28.3 Å². The van der Waals surface area contributed by atoms with Crippen molar-refractivity contribution in [1.82, 2.24) is 15.1 Å². The summed E-state index contributed by atoms with van der Waals surface area (Å²) in [4.78, 5) is 23.7. The van der Waals surface area contributed by atoms with Gasteiger partial charge in [-0.15, -0.1) is 0 Å². The summed E-state index contributed by atoms with van der Waals surface area (Å²) < 4.78 is 12.0. The standard InChI is InChI=1S/C18H16ClN3O4/c19-14-4-2-13(3-5-14)10-20-17(23)12-25-18(24)16-7-6-15(26-16)11-22-9-1-8-21-22/h1-9H,10-12H2,(H,20,23). The van der Waals surface area contributed by atoms with E-state index in [9.17, 15) is 9.59 Å². The average molecular weight is 374 g/mol. The van der Waals surface area contributed by atoms with Crippen LogP contribution in [0.3, 0.4) is 0 Å². The second kappa shape index (κ2) is 8.35. The molecule has 0 unspecified atom stereocenters. The van der Waals surface area contributed by atoms with E-state index in [2.05, 4.69) is 10.4 Å². The van der Waals surface area contributed by atoms with Gasteiger partial charge in [-0.2, -0.15) is 5.10 Å². The number of nitrogens with zero attached hydrogens (tertiary/aromatic N) is 2. The first-order chi connectivity index (χ1) is 12.6. The second-order valence-corrected chi connectivity index (χ2v) is 5.89. The number of hydrogen-bond acceptors (Lipinski definition) is 5. The molecule has 8 heteroatoms. The number of hydrogen-bond donors (Lipinski definition) is 1. The van der Waals surface area contributed by atoms with Crippen LogP contribution in [0.15, 0.2) is 59.3 Å². The van der Waals surface area contributed by atoms with Crippen molar-refractivity contribution in [3.05, 3.63) is 77.0 Å². The highest BCUT2D eigenvalue weighted by atomic mass is 35.5. The molecule has 0 saturated carbocycles. The van der Waals surface area contributed by atoms with E-state index in [-0.39, 0.29) is 12.4 Å². The summed E-state index contributed by atoms with van der Waals surface area (Å²) in [5.74, 6) is -0.500. The largest absolute Gasteiger partial charge is 0.452 e. The molecule has 2 aromatic heterocycles. The van der Waals surface area contributed by atoms with Gasteiger partial charge < -0.3 is 14.5 Å². The lowest BCUT2D eigenvalue weighted by molar-refractivity contribution is -0.124. The van der Waals surface area contributed by atoms with Crippen molar-refractivity contribution in [2.45, 2.75) is 13.1 Å². The lowest BCUT2D eigenvalue weighted by atomic mass is 10.2. The highest BCUT2D eigenvalue weighted by molar-refractivity contribution is 6.30. The SMILES string of the molecule is O=C(COC(=O)c1ccc(Cn2cccn2)o1)NCc1ccc(Cl)cc1. The lowest BCUT2D eigenvalue weighted by Gasteiger charge is -2.06. The van der Waals surface area contributed by atoms with Gasteiger partial charge in [0, 0.05) is 24.0 Å². The van der Waals surface area contributed by atoms with Gasteiger partial charge in [-0.05, 0) is 35.9 Å². The molecule has 1 N–H and O–H groups in total. The third-order valence-electron chi connectivity index (χ3n) is 3.48. The van der Waals surface area contributed by atoms with Crippen LogP contribution in [-0.2, 0) is 22.6 Å². The van der Waals surface area contributed by atoms with E-state index in [0.717, 1.165) is 5.56 Å². The Labute approximate surface area is 154 Å². The van der Waals surface area contributed by atoms with Gasteiger partial charge in [0.2, 0.25) is 5.76 Å². The van der Waals surface area contributed by atoms with E-state index in [1.54, 1.807) is 53.5 Å². The van der Waals surface area contributed by atoms with Crippen LogP contribution in [0.25, 0.3) is 0 Å². The molecule has 134 valence electrons. The summed E-state index contributed by atoms with van der Waals surface area (Å²) in [7, 11) is 0. The predicted octanol–water partition coefficient (Wildman–Crippen LogP) is 2.65. The number of carbonyl (C=O) groups excluding carboxylic acids is 2. The van der Waals surface area contributed by atoms with Crippen molar-refractivity contribution in [2.24, 2.45) is 0 Å². The number of aromatic nitrogens is 2. The Morgan fingerprint density at radius 3 is 2.73 bits per heavy atom. The number of rotatable bonds is 7. The minimum atomic E-state index is -0.696. The van der Waals surface area contributed by atoms with E-state index in [4.69, 9.17) is 20.8 Å². The molecule has 2 heterocycles. The van der Waals surface area contributed by atoms with Gasteiger partial charge in [0.15, 0.2) is 6.61 Å². The van der Waals surface area contributed by atoms with Crippen molar-refractivity contribution in [2.75, 3.05) is 6.61 Å². The van der Waals surface area contributed by atoms with Crippen LogP contribution in [0.4, 0.5) is 0 Å². The molecule has 0 aliphatic heterocycles. The first-order valence-electron chi connectivity index (χ1n) is 7.84. The van der Waals surface area contributed by atoms with Gasteiger partial charge in [-0.25, -0.2) is 4.79 Å². The molecule has 0 atom stereocenters. The van der Waals surface area contributed by atoms with Gasteiger partial charge >= 0.3 is 5.97 Å². The molecule has 0 fully saturated rings. The average Bonchev–Trinajstić information content (AvgIpc) is 3.32. The molecule has 26 heavy (non-hydrogen) atoms. The molecule has 0 radical (unpaired) electrons. The van der Waals surface area contributed by atoms with Gasteiger partial charge in [-0.1, -0.05) is 23.7 Å². The Hall–Kier alpha value is -3.06. The van der Waals surface area contributed by atoms with Crippen molar-refractivity contribution in [3.63, 3.8) is 0 Å². The van der Waals surface area contributed by atoms with Crippen LogP contribution in [0.2, 0.25) is 5.02 Å². The summed E-state index contributed by atoms with van der Waals surface area (Å²) in [5, 5.41) is 7.34. The van der Waals surface area contributed by atoms with E-state index in [1.165, 1.54) is 6.07 Å². The lowest BCUT2D eigenvalue weighted by Crippen LogP contribution is -2.28. The minimum absolute atomic E-state index is 0.0395. The van der Waals surface area contributed by atoms with Gasteiger partial charge in [0.1, 0.15) is 5.76 Å². The molecule has 3 aromatic rings. The maximum Gasteiger partial charge on any atom is 0.374 e. The normalized spacial score (nSPS) is 10.5. The molecule has 1 aromatic carbocycles. The molecule has 0 aliphatic carbocycles. The number of amides is 1. The van der Waals surface area contributed by atoms with Crippen LogP contribution in [0.5, 0.6) is 0 Å². The third kappa shape index (κ3) is 4.97. The van der Waals surface area contributed by atoms with Crippen LogP contribution in [0, 0.1) is 0 Å². The fourth-order valence-electron chi connectivity index (χ4n) is 2.18. The molecule has 0 aliphatic rings. The summed E-state index contributed by atoms with van der Waals surface area (Å²) >= 11 is 5.80. The number of furan rings is 1. The Balaban J connectivity index is 1.43. The Bertz CT molecular complexity index is 872. The van der Waals surface area contributed by atoms with Crippen molar-refractivity contribution >= 4 is 23.5 Å². The van der Waals surface area contributed by atoms with Crippen LogP contribution in [0.1, 0.15) is 21.9 Å².